The number of carbonyl (C=O) groups is 1. The van der Waals surface area contributed by atoms with E-state index in [-0.39, 0.29) is 12.6 Å². The van der Waals surface area contributed by atoms with E-state index in [2.05, 4.69) is 13.8 Å². The van der Waals surface area contributed by atoms with Gasteiger partial charge in [-0.1, -0.05) is 52.4 Å². The van der Waals surface area contributed by atoms with Gasteiger partial charge in [0.05, 0.1) is 139 Å². The maximum atomic E-state index is 11.6. The van der Waals surface area contributed by atoms with Crippen LogP contribution in [0, 0.1) is 0 Å². The van der Waals surface area contributed by atoms with E-state index in [4.69, 9.17) is 56.8 Å². The van der Waals surface area contributed by atoms with E-state index in [0.717, 1.165) is 25.9 Å². The summed E-state index contributed by atoms with van der Waals surface area (Å²) in [4.78, 5) is 11.6. The lowest BCUT2D eigenvalue weighted by Crippen LogP contribution is -2.15. The zero-order chi connectivity index (χ0) is 34.7. The molecule has 48 heavy (non-hydrogen) atoms. The van der Waals surface area contributed by atoms with E-state index in [9.17, 15) is 4.79 Å². The van der Waals surface area contributed by atoms with Crippen LogP contribution in [0.3, 0.4) is 0 Å². The van der Waals surface area contributed by atoms with Crippen molar-refractivity contribution in [3.05, 3.63) is 0 Å². The second kappa shape index (κ2) is 44.1. The fraction of sp³-hybridized carbons (Fsp3) is 0.971. The summed E-state index contributed by atoms with van der Waals surface area (Å²) in [7, 11) is 0. The molecule has 0 aromatic rings. The van der Waals surface area contributed by atoms with Crippen molar-refractivity contribution in [2.75, 3.05) is 152 Å². The maximum Gasteiger partial charge on any atom is 0.305 e. The van der Waals surface area contributed by atoms with Gasteiger partial charge in [0, 0.05) is 13.0 Å². The molecule has 0 radical (unpaired) electrons. The molecule has 0 aliphatic carbocycles. The minimum Gasteiger partial charge on any atom is -0.463 e. The van der Waals surface area contributed by atoms with E-state index in [1.807, 2.05) is 0 Å². The summed E-state index contributed by atoms with van der Waals surface area (Å²) in [5.41, 5.74) is 0. The number of carbonyl (C=O) groups excluding carboxylic acids is 1. The molecule has 0 aromatic heterocycles. The van der Waals surface area contributed by atoms with Crippen LogP contribution in [0.2, 0.25) is 0 Å². The molecule has 0 aromatic carbocycles. The Morgan fingerprint density at radius 3 is 0.854 bits per heavy atom. The summed E-state index contributed by atoms with van der Waals surface area (Å²) < 4.78 is 65.3. The van der Waals surface area contributed by atoms with Crippen LogP contribution in [0.25, 0.3) is 0 Å². The van der Waals surface area contributed by atoms with Crippen LogP contribution >= 0.6 is 0 Å². The zero-order valence-corrected chi connectivity index (χ0v) is 30.4. The Balaban J connectivity index is 3.08. The molecule has 0 aliphatic rings. The molecule has 0 spiro atoms. The van der Waals surface area contributed by atoms with Gasteiger partial charge in [-0.25, -0.2) is 0 Å². The smallest absolute Gasteiger partial charge is 0.305 e. The molecule has 0 unspecified atom stereocenters. The van der Waals surface area contributed by atoms with Crippen molar-refractivity contribution in [1.82, 2.24) is 0 Å². The minimum atomic E-state index is -0.146. The van der Waals surface area contributed by atoms with E-state index >= 15 is 0 Å². The summed E-state index contributed by atoms with van der Waals surface area (Å²) in [6.07, 6.45) is 9.62. The third-order valence-corrected chi connectivity index (χ3v) is 6.59. The molecule has 0 bridgehead atoms. The fourth-order valence-corrected chi connectivity index (χ4v) is 3.91. The van der Waals surface area contributed by atoms with Crippen molar-refractivity contribution < 1.29 is 61.6 Å². The second-order valence-corrected chi connectivity index (χ2v) is 10.8. The van der Waals surface area contributed by atoms with Gasteiger partial charge >= 0.3 is 5.97 Å². The summed E-state index contributed by atoms with van der Waals surface area (Å²) in [5.74, 6) is -0.146. The highest BCUT2D eigenvalue weighted by Gasteiger charge is 2.02. The van der Waals surface area contributed by atoms with Crippen LogP contribution in [0.15, 0.2) is 0 Å². The Morgan fingerprint density at radius 2 is 0.542 bits per heavy atom. The molecule has 13 nitrogen and oxygen atoms in total. The van der Waals surface area contributed by atoms with Gasteiger partial charge in [-0.05, 0) is 12.8 Å². The van der Waals surface area contributed by atoms with Gasteiger partial charge < -0.3 is 56.8 Å². The molecule has 0 fully saturated rings. The van der Waals surface area contributed by atoms with Gasteiger partial charge in [-0.15, -0.1) is 0 Å². The van der Waals surface area contributed by atoms with Crippen LogP contribution in [0.1, 0.15) is 71.6 Å². The highest BCUT2D eigenvalue weighted by Crippen LogP contribution is 2.05. The maximum absolute atomic E-state index is 11.6. The quantitative estimate of drug-likeness (QED) is 0.0665. The highest BCUT2D eigenvalue weighted by atomic mass is 16.6. The summed E-state index contributed by atoms with van der Waals surface area (Å²) >= 11 is 0. The molecule has 0 saturated carbocycles. The van der Waals surface area contributed by atoms with Gasteiger partial charge in [0.15, 0.2) is 0 Å². The second-order valence-electron chi connectivity index (χ2n) is 10.8. The predicted octanol–water partition coefficient (Wildman–Crippen LogP) is 4.26. The fourth-order valence-electron chi connectivity index (χ4n) is 3.91. The van der Waals surface area contributed by atoms with E-state index in [1.165, 1.54) is 32.1 Å². The number of esters is 1. The molecule has 0 amide bonds. The number of hydrogen-bond donors (Lipinski definition) is 0. The first kappa shape index (κ1) is 47.0. The number of ether oxygens (including phenoxy) is 12. The molecule has 0 heterocycles. The Morgan fingerprint density at radius 1 is 0.292 bits per heavy atom. The lowest BCUT2D eigenvalue weighted by atomic mass is 10.1. The molecule has 13 heteroatoms. The molecule has 0 aliphatic heterocycles. The summed E-state index contributed by atoms with van der Waals surface area (Å²) in [5, 5.41) is 0. The molecule has 0 rings (SSSR count). The molecule has 288 valence electrons. The zero-order valence-electron chi connectivity index (χ0n) is 30.4. The SMILES string of the molecule is CCCCCCCC(=O)OCCOCCOCCOCCOCCOCCOCCOCCOCCOCCOCCOCCCCC. The van der Waals surface area contributed by atoms with Crippen molar-refractivity contribution in [2.24, 2.45) is 0 Å². The Labute approximate surface area is 291 Å². The Kier molecular flexibility index (Phi) is 43.2. The van der Waals surface area contributed by atoms with Gasteiger partial charge in [0.2, 0.25) is 0 Å². The average molecular weight is 699 g/mol. The van der Waals surface area contributed by atoms with Crippen molar-refractivity contribution in [1.29, 1.82) is 0 Å². The van der Waals surface area contributed by atoms with Crippen LogP contribution in [0.4, 0.5) is 0 Å². The van der Waals surface area contributed by atoms with Crippen molar-refractivity contribution in [2.45, 2.75) is 71.6 Å². The summed E-state index contributed by atoms with van der Waals surface area (Å²) in [6, 6.07) is 0. The molecular formula is C35H70O13. The van der Waals surface area contributed by atoms with Crippen LogP contribution in [0.5, 0.6) is 0 Å². The highest BCUT2D eigenvalue weighted by molar-refractivity contribution is 5.69. The molecule has 0 N–H and O–H groups in total. The first-order chi connectivity index (χ1) is 23.8. The summed E-state index contributed by atoms with van der Waals surface area (Å²) in [6.45, 7) is 16.3. The van der Waals surface area contributed by atoms with Crippen molar-refractivity contribution in [3.63, 3.8) is 0 Å². The number of hydrogen-bond acceptors (Lipinski definition) is 13. The standard InChI is InChI=1S/C35H70O13/c1-3-5-7-8-9-11-35(36)48-34-33-47-32-31-46-30-29-45-28-27-44-26-25-43-24-23-42-22-21-41-20-19-40-18-17-39-16-15-38-14-13-37-12-10-6-4-2/h3-34H2,1-2H3. The Bertz CT molecular complexity index is 601. The number of unbranched alkanes of at least 4 members (excludes halogenated alkanes) is 6. The molecule has 0 saturated heterocycles. The first-order valence-corrected chi connectivity index (χ1v) is 18.3. The lowest BCUT2D eigenvalue weighted by molar-refractivity contribution is -0.145. The van der Waals surface area contributed by atoms with Gasteiger partial charge in [-0.3, -0.25) is 4.79 Å². The van der Waals surface area contributed by atoms with E-state index in [1.54, 1.807) is 0 Å². The van der Waals surface area contributed by atoms with Crippen molar-refractivity contribution >= 4 is 5.97 Å². The van der Waals surface area contributed by atoms with Crippen LogP contribution < -0.4 is 0 Å². The van der Waals surface area contributed by atoms with Crippen LogP contribution in [-0.2, 0) is 61.6 Å². The number of rotatable bonds is 43. The van der Waals surface area contributed by atoms with Crippen LogP contribution in [-0.4, -0.2) is 158 Å². The van der Waals surface area contributed by atoms with E-state index < -0.39 is 0 Å². The topological polar surface area (TPSA) is 128 Å². The minimum absolute atomic E-state index is 0.146. The van der Waals surface area contributed by atoms with Gasteiger partial charge in [0.1, 0.15) is 6.61 Å². The van der Waals surface area contributed by atoms with Gasteiger partial charge in [-0.2, -0.15) is 0 Å². The monoisotopic (exact) mass is 698 g/mol. The van der Waals surface area contributed by atoms with Gasteiger partial charge in [0.25, 0.3) is 0 Å². The first-order valence-electron chi connectivity index (χ1n) is 18.3. The molecule has 0 atom stereocenters. The largest absolute Gasteiger partial charge is 0.463 e. The average Bonchev–Trinajstić information content (AvgIpc) is 3.09. The predicted molar refractivity (Wildman–Crippen MR) is 183 cm³/mol. The van der Waals surface area contributed by atoms with E-state index in [0.29, 0.717) is 145 Å². The van der Waals surface area contributed by atoms with Crippen molar-refractivity contribution in [3.8, 4) is 0 Å². The normalized spacial score (nSPS) is 11.5. The third-order valence-electron chi connectivity index (χ3n) is 6.59. The lowest BCUT2D eigenvalue weighted by Gasteiger charge is -2.09. The Hall–Kier alpha value is -0.970. The third kappa shape index (κ3) is 43.1. The molecular weight excluding hydrogens is 628 g/mol.